The number of carbonyl (C=O) groups excluding carboxylic acids is 4. The van der Waals surface area contributed by atoms with Crippen molar-refractivity contribution in [3.8, 4) is 17.2 Å². The van der Waals surface area contributed by atoms with Crippen LogP contribution in [0.2, 0.25) is 0 Å². The number of benzene rings is 3. The van der Waals surface area contributed by atoms with Crippen LogP contribution < -0.4 is 14.2 Å². The summed E-state index contributed by atoms with van der Waals surface area (Å²) in [6, 6.07) is 10.7. The highest BCUT2D eigenvalue weighted by Crippen LogP contribution is 2.51. The summed E-state index contributed by atoms with van der Waals surface area (Å²) in [4.78, 5) is 50.3. The van der Waals surface area contributed by atoms with Crippen molar-refractivity contribution >= 4 is 29.5 Å². The Morgan fingerprint density at radius 3 is 1.38 bits per heavy atom. The minimum atomic E-state index is -0.683. The van der Waals surface area contributed by atoms with Gasteiger partial charge in [-0.25, -0.2) is 19.2 Å². The molecule has 2 atom stereocenters. The average Bonchev–Trinajstić information content (AvgIpc) is 3.46. The van der Waals surface area contributed by atoms with Crippen LogP contribution in [0.1, 0.15) is 87.7 Å². The Morgan fingerprint density at radius 1 is 0.513 bits per heavy atom. The van der Waals surface area contributed by atoms with Crippen LogP contribution in [-0.2, 0) is 87.8 Å². The summed E-state index contributed by atoms with van der Waals surface area (Å²) in [6.45, 7) is 12.7. The summed E-state index contributed by atoms with van der Waals surface area (Å²) >= 11 is 0. The first kappa shape index (κ1) is 58.4. The zero-order chi connectivity index (χ0) is 55.1. The molecule has 0 spiro atoms. The summed E-state index contributed by atoms with van der Waals surface area (Å²) in [5.74, 6) is -0.997. The van der Waals surface area contributed by atoms with Crippen molar-refractivity contribution in [2.24, 2.45) is 5.92 Å². The van der Waals surface area contributed by atoms with Gasteiger partial charge in [-0.15, -0.1) is 0 Å². The molecule has 8 rings (SSSR count). The number of fused-ring (bicyclic) bond motifs is 2. The van der Waals surface area contributed by atoms with Crippen molar-refractivity contribution in [3.05, 3.63) is 152 Å². The van der Waals surface area contributed by atoms with E-state index < -0.39 is 56.4 Å². The number of ether oxygens (including phenoxy) is 8. The molecule has 0 radical (unpaired) electrons. The number of hydrogen-bond donors (Lipinski definition) is 4. The Morgan fingerprint density at radius 2 is 0.921 bits per heavy atom. The first-order valence-corrected chi connectivity index (χ1v) is 25.5. The molecule has 0 aromatic heterocycles. The van der Waals surface area contributed by atoms with Gasteiger partial charge in [-0.1, -0.05) is 62.7 Å². The number of rotatable bonds is 28. The van der Waals surface area contributed by atoms with Crippen LogP contribution in [-0.4, -0.2) is 132 Å². The summed E-state index contributed by atoms with van der Waals surface area (Å²) in [5, 5.41) is 38.0. The number of hydrogen-bond acceptors (Lipinski definition) is 16. The monoisotopic (exact) mass is 1050 g/mol. The van der Waals surface area contributed by atoms with Crippen molar-refractivity contribution in [1.29, 1.82) is 0 Å². The highest BCUT2D eigenvalue weighted by atomic mass is 16.5. The van der Waals surface area contributed by atoms with Crippen molar-refractivity contribution in [3.63, 3.8) is 0 Å². The van der Waals surface area contributed by atoms with Crippen molar-refractivity contribution in [2.45, 2.75) is 83.2 Å². The van der Waals surface area contributed by atoms with Gasteiger partial charge in [0.2, 0.25) is 0 Å². The Balaban J connectivity index is 1.62. The lowest BCUT2D eigenvalue weighted by Gasteiger charge is -2.38. The van der Waals surface area contributed by atoms with E-state index in [4.69, 9.17) is 37.9 Å². The molecule has 3 aromatic rings. The Hall–Kier alpha value is -6.82. The van der Waals surface area contributed by atoms with E-state index in [-0.39, 0.29) is 54.6 Å². The molecule has 0 saturated heterocycles. The lowest BCUT2D eigenvalue weighted by Crippen LogP contribution is -2.33. The molecule has 0 saturated carbocycles. The number of aryl methyl sites for hydroxylation is 3. The van der Waals surface area contributed by atoms with E-state index in [1.165, 1.54) is 0 Å². The average molecular weight is 1050 g/mol. The zero-order valence-corrected chi connectivity index (χ0v) is 44.3. The fraction of sp³-hybridized carbons (Fsp3) is 0.433. The van der Waals surface area contributed by atoms with Crippen molar-refractivity contribution in [2.75, 3.05) is 81.3 Å². The van der Waals surface area contributed by atoms with Crippen molar-refractivity contribution in [1.82, 2.24) is 0 Å². The van der Waals surface area contributed by atoms with E-state index in [0.717, 1.165) is 72.4 Å². The first-order valence-electron chi connectivity index (χ1n) is 25.5. The summed E-state index contributed by atoms with van der Waals surface area (Å²) < 4.78 is 48.2. The SMILES string of the molecule is C=C(CO)C(=O)OCCCC1=C2c3c(CCCOC(=O)C(=C)CO)cc4c(OC)c3Cc3cc(CCCOC(=O)C(=C)CO)cc(c3OC)CC(=C1)C(OC)C2Cc1cc(CCCOC(=O)C(=C)CO)cc(c1OC)C4. The van der Waals surface area contributed by atoms with Crippen LogP contribution in [0, 0.1) is 5.92 Å². The van der Waals surface area contributed by atoms with Gasteiger partial charge in [-0.2, -0.15) is 0 Å². The standard InChI is InChI=1S/C60H72O16/c1-35(31-61)57(65)73-17-9-13-39-21-43-27-47-25-41(15-11-19-75-59(67)37(3)33-63)52-50(55(47)71-7)30-46-24-40(14-10-18-74-58(66)36(2)32-62)22-44(54(46)70-6)28-48-26-42(16-12-20-76-60(68)38(4)34-64)51(52)49(56(48)72-8)29-45(23-39)53(43)69-5/h21-26,49,56,61-64H,1-4,9-20,27-34H2,5-8H3. The van der Waals surface area contributed by atoms with E-state index in [1.807, 2.05) is 0 Å². The number of carbonyl (C=O) groups is 4. The zero-order valence-electron chi connectivity index (χ0n) is 44.3. The molecule has 3 aromatic carbocycles. The number of aliphatic hydroxyl groups is 4. The number of aliphatic hydroxyl groups excluding tert-OH is 4. The van der Waals surface area contributed by atoms with Crippen LogP contribution in [0.4, 0.5) is 0 Å². The van der Waals surface area contributed by atoms with Gasteiger partial charge in [0, 0.05) is 31.4 Å². The third kappa shape index (κ3) is 14.0. The molecular formula is C60H72O16. The second-order valence-electron chi connectivity index (χ2n) is 19.1. The van der Waals surface area contributed by atoms with E-state index in [0.29, 0.717) is 94.3 Å². The van der Waals surface area contributed by atoms with E-state index >= 15 is 0 Å². The van der Waals surface area contributed by atoms with Crippen LogP contribution >= 0.6 is 0 Å². The van der Waals surface area contributed by atoms with Gasteiger partial charge in [-0.3, -0.25) is 0 Å². The maximum atomic E-state index is 12.7. The fourth-order valence-corrected chi connectivity index (χ4v) is 10.5. The molecule has 4 N–H and O–H groups in total. The largest absolute Gasteiger partial charge is 0.496 e. The molecule has 2 unspecified atom stereocenters. The lowest BCUT2D eigenvalue weighted by atomic mass is 9.70. The molecule has 10 bridgehead atoms. The van der Waals surface area contributed by atoms with Gasteiger partial charge in [0.05, 0.1) is 103 Å². The van der Waals surface area contributed by atoms with Crippen LogP contribution in [0.15, 0.2) is 96.2 Å². The predicted molar refractivity (Wildman–Crippen MR) is 284 cm³/mol. The van der Waals surface area contributed by atoms with Crippen LogP contribution in [0.5, 0.6) is 17.2 Å². The third-order valence-corrected chi connectivity index (χ3v) is 13.9. The van der Waals surface area contributed by atoms with E-state index in [2.05, 4.69) is 62.7 Å². The highest BCUT2D eigenvalue weighted by molar-refractivity contribution is 5.89. The summed E-state index contributed by atoms with van der Waals surface area (Å²) in [7, 11) is 6.69. The third-order valence-electron chi connectivity index (χ3n) is 13.9. The van der Waals surface area contributed by atoms with Gasteiger partial charge in [0.25, 0.3) is 0 Å². The van der Waals surface area contributed by atoms with E-state index in [1.54, 1.807) is 28.4 Å². The van der Waals surface area contributed by atoms with Gasteiger partial charge in [-0.05, 0) is 131 Å². The fourth-order valence-electron chi connectivity index (χ4n) is 10.5. The lowest BCUT2D eigenvalue weighted by molar-refractivity contribution is -0.140. The maximum Gasteiger partial charge on any atom is 0.335 e. The van der Waals surface area contributed by atoms with Crippen LogP contribution in [0.3, 0.4) is 0 Å². The Labute approximate surface area is 444 Å². The first-order chi connectivity index (χ1) is 36.6. The number of methoxy groups -OCH3 is 4. The number of esters is 4. The minimum absolute atomic E-state index is 0.0230. The van der Waals surface area contributed by atoms with Gasteiger partial charge >= 0.3 is 23.9 Å². The molecule has 5 aliphatic rings. The molecular weight excluding hydrogens is 977 g/mol. The Kier molecular flexibility index (Phi) is 21.4. The summed E-state index contributed by atoms with van der Waals surface area (Å²) in [5.41, 5.74) is 12.0. The summed E-state index contributed by atoms with van der Waals surface area (Å²) in [6.07, 6.45) is 7.07. The van der Waals surface area contributed by atoms with Crippen LogP contribution in [0.25, 0.3) is 5.57 Å². The molecule has 0 aliphatic heterocycles. The normalized spacial score (nSPS) is 15.2. The molecule has 0 heterocycles. The molecule has 5 aliphatic carbocycles. The molecule has 16 heteroatoms. The second kappa shape index (κ2) is 27.8. The molecule has 0 amide bonds. The number of allylic oxidation sites excluding steroid dienone is 2. The molecule has 16 nitrogen and oxygen atoms in total. The Bertz CT molecular complexity index is 2780. The maximum absolute atomic E-state index is 12.7. The topological polar surface area (TPSA) is 223 Å². The second-order valence-corrected chi connectivity index (χ2v) is 19.1. The molecule has 408 valence electrons. The predicted octanol–water partition coefficient (Wildman–Crippen LogP) is 6.28. The minimum Gasteiger partial charge on any atom is -0.496 e. The highest BCUT2D eigenvalue weighted by Gasteiger charge is 2.40. The van der Waals surface area contributed by atoms with Gasteiger partial charge < -0.3 is 58.3 Å². The van der Waals surface area contributed by atoms with Gasteiger partial charge in [0.1, 0.15) is 17.2 Å². The molecule has 0 fully saturated rings. The molecule has 76 heavy (non-hydrogen) atoms. The van der Waals surface area contributed by atoms with E-state index in [9.17, 15) is 39.6 Å². The smallest absolute Gasteiger partial charge is 0.335 e. The quantitative estimate of drug-likeness (QED) is 0.0272. The van der Waals surface area contributed by atoms with Crippen molar-refractivity contribution < 1.29 is 77.5 Å². The van der Waals surface area contributed by atoms with Gasteiger partial charge in [0.15, 0.2) is 0 Å².